The summed E-state index contributed by atoms with van der Waals surface area (Å²) >= 11 is 0. The highest BCUT2D eigenvalue weighted by molar-refractivity contribution is 5.37. The molecule has 100 valence electrons. The molecule has 1 aliphatic rings. The maximum absolute atomic E-state index is 9.92. The number of phenols is 1. The Hall–Kier alpha value is -1.06. The van der Waals surface area contributed by atoms with Crippen LogP contribution in [0.3, 0.4) is 0 Å². The molecule has 3 heteroatoms. The molecular formula is C15H23NO2. The fourth-order valence-electron chi connectivity index (χ4n) is 2.71. The van der Waals surface area contributed by atoms with E-state index in [1.165, 1.54) is 0 Å². The van der Waals surface area contributed by atoms with Gasteiger partial charge in [0.05, 0.1) is 6.10 Å². The molecule has 2 rings (SSSR count). The summed E-state index contributed by atoms with van der Waals surface area (Å²) in [6, 6.07) is 5.88. The van der Waals surface area contributed by atoms with Crippen LogP contribution in [0, 0.1) is 12.8 Å². The molecule has 18 heavy (non-hydrogen) atoms. The van der Waals surface area contributed by atoms with Crippen LogP contribution in [0.5, 0.6) is 5.75 Å². The Kier molecular flexibility index (Phi) is 4.25. The van der Waals surface area contributed by atoms with Gasteiger partial charge in [-0.2, -0.15) is 0 Å². The summed E-state index contributed by atoms with van der Waals surface area (Å²) in [7, 11) is 0. The molecule has 0 spiro atoms. The SMILES string of the molecule is Cc1ccc(C(C)NCC2CCCC2O)c(O)c1. The van der Waals surface area contributed by atoms with Gasteiger partial charge in [-0.25, -0.2) is 0 Å². The number of rotatable bonds is 4. The molecule has 0 saturated heterocycles. The zero-order valence-electron chi connectivity index (χ0n) is 11.2. The van der Waals surface area contributed by atoms with Gasteiger partial charge in [-0.15, -0.1) is 0 Å². The number of aliphatic hydroxyl groups is 1. The summed E-state index contributed by atoms with van der Waals surface area (Å²) in [5.41, 5.74) is 1.99. The average molecular weight is 249 g/mol. The zero-order valence-corrected chi connectivity index (χ0v) is 11.2. The molecule has 0 amide bonds. The minimum atomic E-state index is -0.156. The molecule has 1 aromatic rings. The van der Waals surface area contributed by atoms with E-state index in [1.807, 2.05) is 26.0 Å². The maximum Gasteiger partial charge on any atom is 0.120 e. The standard InChI is InChI=1S/C15H23NO2/c1-10-6-7-13(15(18)8-10)11(2)16-9-12-4-3-5-14(12)17/h6-8,11-12,14,16-18H,3-5,9H2,1-2H3. The van der Waals surface area contributed by atoms with E-state index >= 15 is 0 Å². The second-order valence-electron chi connectivity index (χ2n) is 5.45. The molecule has 1 fully saturated rings. The van der Waals surface area contributed by atoms with Crippen molar-refractivity contribution in [1.29, 1.82) is 0 Å². The first-order valence-electron chi connectivity index (χ1n) is 6.79. The Labute approximate surface area is 109 Å². The Morgan fingerprint density at radius 1 is 1.39 bits per heavy atom. The highest BCUT2D eigenvalue weighted by Crippen LogP contribution is 2.28. The van der Waals surface area contributed by atoms with Crippen LogP contribution in [0.2, 0.25) is 0 Å². The molecule has 0 aliphatic heterocycles. The van der Waals surface area contributed by atoms with E-state index < -0.39 is 0 Å². The lowest BCUT2D eigenvalue weighted by Crippen LogP contribution is -2.29. The third-order valence-corrected chi connectivity index (χ3v) is 3.96. The lowest BCUT2D eigenvalue weighted by molar-refractivity contribution is 0.130. The monoisotopic (exact) mass is 249 g/mol. The van der Waals surface area contributed by atoms with E-state index in [1.54, 1.807) is 6.07 Å². The van der Waals surface area contributed by atoms with Crippen molar-refractivity contribution in [2.45, 2.75) is 45.3 Å². The van der Waals surface area contributed by atoms with Crippen molar-refractivity contribution < 1.29 is 10.2 Å². The fourth-order valence-corrected chi connectivity index (χ4v) is 2.71. The summed E-state index contributed by atoms with van der Waals surface area (Å²) in [4.78, 5) is 0. The number of aliphatic hydroxyl groups excluding tert-OH is 1. The zero-order chi connectivity index (χ0) is 13.1. The molecule has 0 heterocycles. The van der Waals surface area contributed by atoms with Crippen LogP contribution in [0.25, 0.3) is 0 Å². The Balaban J connectivity index is 1.93. The third-order valence-electron chi connectivity index (χ3n) is 3.96. The van der Waals surface area contributed by atoms with Gasteiger partial charge in [0.15, 0.2) is 0 Å². The summed E-state index contributed by atoms with van der Waals surface area (Å²) < 4.78 is 0. The van der Waals surface area contributed by atoms with E-state index in [-0.39, 0.29) is 12.1 Å². The van der Waals surface area contributed by atoms with Gasteiger partial charge in [0, 0.05) is 18.2 Å². The summed E-state index contributed by atoms with van der Waals surface area (Å²) in [5.74, 6) is 0.710. The number of phenolic OH excluding ortho intramolecular Hbond substituents is 1. The average Bonchev–Trinajstić information content (AvgIpc) is 2.72. The van der Waals surface area contributed by atoms with Crippen LogP contribution < -0.4 is 5.32 Å². The van der Waals surface area contributed by atoms with Crippen LogP contribution in [-0.2, 0) is 0 Å². The number of nitrogens with one attached hydrogen (secondary N) is 1. The highest BCUT2D eigenvalue weighted by Gasteiger charge is 2.25. The first-order chi connectivity index (χ1) is 8.58. The Morgan fingerprint density at radius 2 is 2.17 bits per heavy atom. The minimum Gasteiger partial charge on any atom is -0.508 e. The summed E-state index contributed by atoms with van der Waals surface area (Å²) in [5, 5.41) is 23.1. The Bertz CT molecular complexity index is 405. The van der Waals surface area contributed by atoms with Crippen molar-refractivity contribution in [3.63, 3.8) is 0 Å². The first kappa shape index (κ1) is 13.4. The number of benzene rings is 1. The van der Waals surface area contributed by atoms with E-state index in [4.69, 9.17) is 0 Å². The molecule has 0 aromatic heterocycles. The van der Waals surface area contributed by atoms with Crippen LogP contribution in [0.4, 0.5) is 0 Å². The number of hydrogen-bond donors (Lipinski definition) is 3. The normalized spacial score (nSPS) is 25.3. The fraction of sp³-hybridized carbons (Fsp3) is 0.600. The van der Waals surface area contributed by atoms with Crippen molar-refractivity contribution in [3.8, 4) is 5.75 Å². The van der Waals surface area contributed by atoms with E-state index in [9.17, 15) is 10.2 Å². The van der Waals surface area contributed by atoms with Crippen molar-refractivity contribution in [2.24, 2.45) is 5.92 Å². The predicted octanol–water partition coefficient (Wildman–Crippen LogP) is 2.51. The van der Waals surface area contributed by atoms with Crippen molar-refractivity contribution >= 4 is 0 Å². The van der Waals surface area contributed by atoms with Crippen LogP contribution in [0.15, 0.2) is 18.2 Å². The maximum atomic E-state index is 9.92. The highest BCUT2D eigenvalue weighted by atomic mass is 16.3. The van der Waals surface area contributed by atoms with E-state index in [2.05, 4.69) is 5.32 Å². The van der Waals surface area contributed by atoms with Crippen molar-refractivity contribution in [2.75, 3.05) is 6.54 Å². The van der Waals surface area contributed by atoms with Crippen molar-refractivity contribution in [3.05, 3.63) is 29.3 Å². The summed E-state index contributed by atoms with van der Waals surface area (Å²) in [6.07, 6.45) is 2.99. The molecule has 0 bridgehead atoms. The van der Waals surface area contributed by atoms with Crippen molar-refractivity contribution in [1.82, 2.24) is 5.32 Å². The molecule has 3 nitrogen and oxygen atoms in total. The van der Waals surface area contributed by atoms with Crippen LogP contribution in [0.1, 0.15) is 43.4 Å². The van der Waals surface area contributed by atoms with Gasteiger partial charge in [-0.1, -0.05) is 18.6 Å². The van der Waals surface area contributed by atoms with Gasteiger partial charge >= 0.3 is 0 Å². The van der Waals surface area contributed by atoms with Gasteiger partial charge in [0.25, 0.3) is 0 Å². The molecule has 3 atom stereocenters. The molecule has 3 unspecified atom stereocenters. The quantitative estimate of drug-likeness (QED) is 0.768. The lowest BCUT2D eigenvalue weighted by atomic mass is 10.0. The predicted molar refractivity (Wildman–Crippen MR) is 72.6 cm³/mol. The van der Waals surface area contributed by atoms with Gasteiger partial charge in [0.1, 0.15) is 5.75 Å². The number of aryl methyl sites for hydroxylation is 1. The van der Waals surface area contributed by atoms with E-state index in [0.717, 1.165) is 36.9 Å². The van der Waals surface area contributed by atoms with Crippen LogP contribution >= 0.6 is 0 Å². The minimum absolute atomic E-state index is 0.110. The number of hydrogen-bond acceptors (Lipinski definition) is 3. The molecule has 0 radical (unpaired) electrons. The largest absolute Gasteiger partial charge is 0.508 e. The first-order valence-corrected chi connectivity index (χ1v) is 6.79. The molecule has 3 N–H and O–H groups in total. The second kappa shape index (κ2) is 5.72. The smallest absolute Gasteiger partial charge is 0.120 e. The van der Waals surface area contributed by atoms with E-state index in [0.29, 0.717) is 11.7 Å². The molecule has 1 aromatic carbocycles. The third kappa shape index (κ3) is 3.03. The van der Waals surface area contributed by atoms with Gasteiger partial charge in [-0.3, -0.25) is 0 Å². The summed E-state index contributed by atoms with van der Waals surface area (Å²) in [6.45, 7) is 4.83. The Morgan fingerprint density at radius 3 is 2.78 bits per heavy atom. The van der Waals surface area contributed by atoms with Gasteiger partial charge in [0.2, 0.25) is 0 Å². The number of aromatic hydroxyl groups is 1. The van der Waals surface area contributed by atoms with Gasteiger partial charge in [-0.05, 0) is 44.2 Å². The van der Waals surface area contributed by atoms with Gasteiger partial charge < -0.3 is 15.5 Å². The second-order valence-corrected chi connectivity index (χ2v) is 5.45. The van der Waals surface area contributed by atoms with Crippen LogP contribution in [-0.4, -0.2) is 22.9 Å². The molecular weight excluding hydrogens is 226 g/mol. The topological polar surface area (TPSA) is 52.5 Å². The molecule has 1 saturated carbocycles. The lowest BCUT2D eigenvalue weighted by Gasteiger charge is -2.20. The molecule has 1 aliphatic carbocycles.